The van der Waals surface area contributed by atoms with E-state index in [0.29, 0.717) is 29.2 Å². The zero-order chi connectivity index (χ0) is 24.4. The number of hydrogen-bond acceptors (Lipinski definition) is 6. The van der Waals surface area contributed by atoms with Gasteiger partial charge in [-0.1, -0.05) is 48.5 Å². The number of hydrogen-bond donors (Lipinski definition) is 1. The van der Waals surface area contributed by atoms with Crippen LogP contribution in [0.15, 0.2) is 36.7 Å². The molecule has 9 heteroatoms. The summed E-state index contributed by atoms with van der Waals surface area (Å²) < 4.78 is 0. The van der Waals surface area contributed by atoms with Crippen molar-refractivity contribution in [2.24, 2.45) is 0 Å². The molecule has 2 aliphatic rings. The van der Waals surface area contributed by atoms with Gasteiger partial charge in [-0.05, 0) is 50.1 Å². The van der Waals surface area contributed by atoms with Gasteiger partial charge < -0.3 is 10.2 Å². The molecule has 35 heavy (non-hydrogen) atoms. The SMILES string of the molecule is CN(CC=CC(=O)N1CCc2c(sc3ncnc(Nc4ccc(Cl)c(Cl)c4)c23)C1)C1CCCCC1. The minimum absolute atomic E-state index is 0.0744. The lowest BCUT2D eigenvalue weighted by Gasteiger charge is -2.30. The third kappa shape index (κ3) is 5.48. The lowest BCUT2D eigenvalue weighted by atomic mass is 9.94. The van der Waals surface area contributed by atoms with Crippen molar-refractivity contribution >= 4 is 62.2 Å². The predicted molar refractivity (Wildman–Crippen MR) is 145 cm³/mol. The molecule has 1 N–H and O–H groups in total. The molecule has 1 fully saturated rings. The van der Waals surface area contributed by atoms with Crippen LogP contribution in [0.4, 0.5) is 11.5 Å². The molecule has 1 aliphatic heterocycles. The van der Waals surface area contributed by atoms with Crippen LogP contribution >= 0.6 is 34.5 Å². The molecule has 1 aromatic carbocycles. The average Bonchev–Trinajstić information content (AvgIpc) is 3.25. The molecule has 0 atom stereocenters. The van der Waals surface area contributed by atoms with Crippen LogP contribution in [-0.4, -0.2) is 51.9 Å². The minimum atomic E-state index is 0.0744. The Bertz CT molecular complexity index is 1250. The van der Waals surface area contributed by atoms with E-state index in [1.807, 2.05) is 17.0 Å². The normalized spacial score (nSPS) is 16.9. The van der Waals surface area contributed by atoms with Gasteiger partial charge in [-0.25, -0.2) is 9.97 Å². The van der Waals surface area contributed by atoms with Gasteiger partial charge in [0.15, 0.2) is 0 Å². The molecule has 0 spiro atoms. The van der Waals surface area contributed by atoms with E-state index in [1.54, 1.807) is 35.9 Å². The van der Waals surface area contributed by atoms with Gasteiger partial charge in [-0.3, -0.25) is 9.69 Å². The maximum atomic E-state index is 12.9. The molecule has 1 aliphatic carbocycles. The van der Waals surface area contributed by atoms with Gasteiger partial charge in [0.05, 0.1) is 22.0 Å². The summed E-state index contributed by atoms with van der Waals surface area (Å²) in [5.74, 6) is 0.821. The van der Waals surface area contributed by atoms with E-state index in [1.165, 1.54) is 42.5 Å². The fourth-order valence-corrected chi connectivity index (χ4v) is 6.52. The van der Waals surface area contributed by atoms with Crippen LogP contribution in [0.1, 0.15) is 42.5 Å². The van der Waals surface area contributed by atoms with Crippen LogP contribution in [-0.2, 0) is 17.8 Å². The molecule has 5 rings (SSSR count). The van der Waals surface area contributed by atoms with E-state index in [2.05, 4.69) is 27.2 Å². The molecular weight excluding hydrogens is 501 g/mol. The maximum Gasteiger partial charge on any atom is 0.246 e. The molecule has 0 radical (unpaired) electrons. The zero-order valence-electron chi connectivity index (χ0n) is 19.8. The first-order valence-corrected chi connectivity index (χ1v) is 13.7. The van der Waals surface area contributed by atoms with Gasteiger partial charge >= 0.3 is 0 Å². The number of carbonyl (C=O) groups is 1. The van der Waals surface area contributed by atoms with Crippen molar-refractivity contribution in [3.8, 4) is 0 Å². The molecule has 2 aromatic heterocycles. The fraction of sp³-hybridized carbons (Fsp3) is 0.423. The number of nitrogens with zero attached hydrogens (tertiary/aromatic N) is 4. The van der Waals surface area contributed by atoms with Crippen molar-refractivity contribution in [2.45, 2.75) is 51.1 Å². The number of nitrogens with one attached hydrogen (secondary N) is 1. The van der Waals surface area contributed by atoms with Crippen molar-refractivity contribution in [2.75, 3.05) is 25.5 Å². The lowest BCUT2D eigenvalue weighted by molar-refractivity contribution is -0.126. The number of aromatic nitrogens is 2. The average molecular weight is 531 g/mol. The van der Waals surface area contributed by atoms with E-state index in [4.69, 9.17) is 23.2 Å². The van der Waals surface area contributed by atoms with Gasteiger partial charge in [0.25, 0.3) is 0 Å². The van der Waals surface area contributed by atoms with E-state index in [0.717, 1.165) is 34.7 Å². The number of carbonyl (C=O) groups excluding carboxylic acids is 1. The van der Waals surface area contributed by atoms with Crippen LogP contribution in [0.5, 0.6) is 0 Å². The quantitative estimate of drug-likeness (QED) is 0.372. The van der Waals surface area contributed by atoms with Crippen LogP contribution in [0.3, 0.4) is 0 Å². The Morgan fingerprint density at radius 3 is 2.86 bits per heavy atom. The summed E-state index contributed by atoms with van der Waals surface area (Å²) in [5.41, 5.74) is 2.04. The molecule has 3 aromatic rings. The second-order valence-electron chi connectivity index (χ2n) is 9.30. The third-order valence-electron chi connectivity index (χ3n) is 6.98. The number of amides is 1. The molecule has 0 saturated heterocycles. The first kappa shape index (κ1) is 24.5. The highest BCUT2D eigenvalue weighted by molar-refractivity contribution is 7.19. The third-order valence-corrected chi connectivity index (χ3v) is 8.85. The number of rotatable bonds is 6. The summed E-state index contributed by atoms with van der Waals surface area (Å²) in [6.07, 6.45) is 12.6. The summed E-state index contributed by atoms with van der Waals surface area (Å²) in [6, 6.07) is 6.07. The summed E-state index contributed by atoms with van der Waals surface area (Å²) in [5, 5.41) is 5.39. The number of thiophene rings is 1. The van der Waals surface area contributed by atoms with Gasteiger partial charge in [0, 0.05) is 35.8 Å². The highest BCUT2D eigenvalue weighted by atomic mass is 35.5. The molecule has 184 valence electrons. The molecule has 1 amide bonds. The van der Waals surface area contributed by atoms with Crippen molar-refractivity contribution in [1.82, 2.24) is 19.8 Å². The first-order chi connectivity index (χ1) is 17.0. The maximum absolute atomic E-state index is 12.9. The van der Waals surface area contributed by atoms with E-state index >= 15 is 0 Å². The number of anilines is 2. The van der Waals surface area contributed by atoms with Crippen LogP contribution in [0.25, 0.3) is 10.2 Å². The largest absolute Gasteiger partial charge is 0.340 e. The minimum Gasteiger partial charge on any atom is -0.340 e. The first-order valence-electron chi connectivity index (χ1n) is 12.1. The van der Waals surface area contributed by atoms with Crippen molar-refractivity contribution < 1.29 is 4.79 Å². The summed E-state index contributed by atoms with van der Waals surface area (Å²) in [7, 11) is 2.17. The highest BCUT2D eigenvalue weighted by Crippen LogP contribution is 2.38. The monoisotopic (exact) mass is 529 g/mol. The molecule has 6 nitrogen and oxygen atoms in total. The smallest absolute Gasteiger partial charge is 0.246 e. The van der Waals surface area contributed by atoms with Crippen LogP contribution in [0, 0.1) is 0 Å². The van der Waals surface area contributed by atoms with Crippen molar-refractivity contribution in [3.63, 3.8) is 0 Å². The predicted octanol–water partition coefficient (Wildman–Crippen LogP) is 6.45. The van der Waals surface area contributed by atoms with Crippen molar-refractivity contribution in [3.05, 3.63) is 57.2 Å². The Morgan fingerprint density at radius 2 is 2.06 bits per heavy atom. The Kier molecular flexibility index (Phi) is 7.58. The standard InChI is InChI=1S/C26H29Cl2N5OS/c1-32(18-6-3-2-4-7-18)12-5-8-23(34)33-13-11-19-22(15-33)35-26-24(19)25(29-16-30-26)31-17-9-10-20(27)21(28)14-17/h5,8-10,14,16,18H,2-4,6-7,11-13,15H2,1H3,(H,29,30,31). The number of likely N-dealkylation sites (N-methyl/N-ethyl adjacent to an activating group) is 1. The number of halogens is 2. The second kappa shape index (κ2) is 10.8. The van der Waals surface area contributed by atoms with Crippen LogP contribution < -0.4 is 5.32 Å². The molecule has 3 heterocycles. The Labute approximate surface area is 219 Å². The summed E-state index contributed by atoms with van der Waals surface area (Å²) in [4.78, 5) is 28.3. The topological polar surface area (TPSA) is 61.4 Å². The number of benzene rings is 1. The van der Waals surface area contributed by atoms with E-state index in [9.17, 15) is 4.79 Å². The zero-order valence-corrected chi connectivity index (χ0v) is 22.1. The summed E-state index contributed by atoms with van der Waals surface area (Å²) >= 11 is 13.9. The van der Waals surface area contributed by atoms with Gasteiger partial charge in [0.1, 0.15) is 17.0 Å². The van der Waals surface area contributed by atoms with E-state index in [-0.39, 0.29) is 5.91 Å². The van der Waals surface area contributed by atoms with E-state index < -0.39 is 0 Å². The lowest BCUT2D eigenvalue weighted by Crippen LogP contribution is -2.35. The molecule has 0 bridgehead atoms. The van der Waals surface area contributed by atoms with Gasteiger partial charge in [-0.15, -0.1) is 11.3 Å². The molecule has 0 unspecified atom stereocenters. The Morgan fingerprint density at radius 1 is 1.23 bits per heavy atom. The van der Waals surface area contributed by atoms with Gasteiger partial charge in [0.2, 0.25) is 5.91 Å². The molecule has 1 saturated carbocycles. The Balaban J connectivity index is 1.27. The highest BCUT2D eigenvalue weighted by Gasteiger charge is 2.26. The second-order valence-corrected chi connectivity index (χ2v) is 11.2. The van der Waals surface area contributed by atoms with Crippen LogP contribution in [0.2, 0.25) is 10.0 Å². The Hall–Kier alpha value is -2.19. The summed E-state index contributed by atoms with van der Waals surface area (Å²) in [6.45, 7) is 2.10. The fourth-order valence-electron chi connectivity index (χ4n) is 5.02. The molecular formula is C26H29Cl2N5OS. The van der Waals surface area contributed by atoms with Crippen molar-refractivity contribution in [1.29, 1.82) is 0 Å². The van der Waals surface area contributed by atoms with Gasteiger partial charge in [-0.2, -0.15) is 0 Å². The number of fused-ring (bicyclic) bond motifs is 3.